The number of nitrogens with zero attached hydrogens (tertiary/aromatic N) is 5. The molecule has 1 aliphatic heterocycles. The molecule has 0 saturated heterocycles. The lowest BCUT2D eigenvalue weighted by molar-refractivity contribution is -0.110. The molecule has 314 valence electrons. The SMILES string of the molecule is CCCCCCCCC(CCCCCC)N1C(C(=Nc2ccc(N(CC)c3ccccc3)cc2C)C(=O)Nc2cc(C(=O)N(C)C)ccc2C)=NC(C)=C(C)S1(=O)=O. The molecule has 1 N–H and O–H groups in total. The third-order valence-electron chi connectivity index (χ3n) is 10.9. The van der Waals surface area contributed by atoms with E-state index in [1.54, 1.807) is 46.1 Å². The fraction of sp³-hybridized carbons (Fsp3) is 0.489. The molecule has 0 radical (unpaired) electrons. The average Bonchev–Trinajstić information content (AvgIpc) is 3.20. The van der Waals surface area contributed by atoms with E-state index < -0.39 is 22.0 Å². The summed E-state index contributed by atoms with van der Waals surface area (Å²) >= 11 is 0. The number of amides is 2. The number of sulfonamides is 1. The number of carbonyl (C=O) groups is 2. The minimum atomic E-state index is -4.07. The third-order valence-corrected chi connectivity index (χ3v) is 13.0. The summed E-state index contributed by atoms with van der Waals surface area (Å²) in [6.07, 6.45) is 11.7. The number of nitrogens with one attached hydrogen (secondary N) is 1. The Bertz CT molecular complexity index is 2070. The number of hydrogen-bond donors (Lipinski definition) is 1. The Hall–Kier alpha value is -4.77. The van der Waals surface area contributed by atoms with Crippen molar-refractivity contribution in [2.75, 3.05) is 30.9 Å². The van der Waals surface area contributed by atoms with E-state index in [2.05, 4.69) is 43.1 Å². The summed E-state index contributed by atoms with van der Waals surface area (Å²) in [4.78, 5) is 41.7. The van der Waals surface area contributed by atoms with Gasteiger partial charge in [-0.3, -0.25) is 9.59 Å². The molecule has 0 bridgehead atoms. The van der Waals surface area contributed by atoms with Crippen molar-refractivity contribution >= 4 is 56.1 Å². The summed E-state index contributed by atoms with van der Waals surface area (Å²) in [6, 6.07) is 20.8. The van der Waals surface area contributed by atoms with Crippen LogP contribution < -0.4 is 10.2 Å². The number of unbranched alkanes of at least 4 members (excludes halogenated alkanes) is 8. The van der Waals surface area contributed by atoms with E-state index in [-0.39, 0.29) is 22.4 Å². The Balaban J connectivity index is 1.89. The fourth-order valence-corrected chi connectivity index (χ4v) is 8.99. The molecule has 10 nitrogen and oxygen atoms in total. The van der Waals surface area contributed by atoms with Crippen LogP contribution in [-0.2, 0) is 14.8 Å². The van der Waals surface area contributed by atoms with Gasteiger partial charge in [0, 0.05) is 49.3 Å². The maximum atomic E-state index is 14.9. The molecule has 1 atom stereocenters. The molecule has 1 heterocycles. The van der Waals surface area contributed by atoms with E-state index in [1.807, 2.05) is 50.2 Å². The van der Waals surface area contributed by atoms with Gasteiger partial charge in [-0.15, -0.1) is 0 Å². The molecule has 0 fully saturated rings. The van der Waals surface area contributed by atoms with Crippen LogP contribution >= 0.6 is 0 Å². The zero-order valence-electron chi connectivity index (χ0n) is 36.4. The maximum absolute atomic E-state index is 14.9. The quantitative estimate of drug-likeness (QED) is 0.0850. The van der Waals surface area contributed by atoms with Crippen LogP contribution in [0.1, 0.15) is 133 Å². The van der Waals surface area contributed by atoms with Gasteiger partial charge in [0.15, 0.2) is 11.5 Å². The number of anilines is 3. The fourth-order valence-electron chi connectivity index (χ4n) is 7.31. The second-order valence-corrected chi connectivity index (χ2v) is 17.6. The van der Waals surface area contributed by atoms with Crippen LogP contribution in [0.15, 0.2) is 87.3 Å². The number of para-hydroxylation sites is 1. The second kappa shape index (κ2) is 21.8. The van der Waals surface area contributed by atoms with Crippen molar-refractivity contribution in [1.82, 2.24) is 9.21 Å². The Labute approximate surface area is 348 Å². The van der Waals surface area contributed by atoms with Crippen LogP contribution in [0.4, 0.5) is 22.7 Å². The van der Waals surface area contributed by atoms with E-state index in [4.69, 9.17) is 9.98 Å². The van der Waals surface area contributed by atoms with Crippen molar-refractivity contribution in [2.45, 2.75) is 132 Å². The number of carbonyl (C=O) groups excluding carboxylic acids is 2. The van der Waals surface area contributed by atoms with E-state index in [9.17, 15) is 18.0 Å². The molecule has 4 rings (SSSR count). The Morgan fingerprint density at radius 2 is 1.38 bits per heavy atom. The molecular formula is C47H66N6O4S. The Morgan fingerprint density at radius 1 is 0.759 bits per heavy atom. The molecule has 0 aliphatic carbocycles. The summed E-state index contributed by atoms with van der Waals surface area (Å²) in [5.41, 5.74) is 5.14. The minimum Gasteiger partial charge on any atom is -0.345 e. The zero-order valence-corrected chi connectivity index (χ0v) is 37.2. The molecule has 11 heteroatoms. The highest BCUT2D eigenvalue weighted by Crippen LogP contribution is 2.34. The summed E-state index contributed by atoms with van der Waals surface area (Å²) < 4.78 is 30.9. The molecule has 1 aliphatic rings. The standard InChI is InChI=1S/C47H66N6O4S/c1-10-13-15-17-18-21-27-40(26-20-16-14-11-2)53-45(48-36(6)37(7)58(53,56)57)44(46(54)50-43-33-38(29-28-34(43)4)47(55)51(8)9)49-42-31-30-41(32-35(42)5)52(12-3)39-24-22-19-23-25-39/h19,22-25,28-33,40H,10-18,20-21,26-27H2,1-9H3,(H,50,54). The highest BCUT2D eigenvalue weighted by molar-refractivity contribution is 7.93. The van der Waals surface area contributed by atoms with Crippen molar-refractivity contribution in [1.29, 1.82) is 0 Å². The summed E-state index contributed by atoms with van der Waals surface area (Å²) in [7, 11) is -0.717. The highest BCUT2D eigenvalue weighted by atomic mass is 32.2. The second-order valence-electron chi connectivity index (χ2n) is 15.6. The summed E-state index contributed by atoms with van der Waals surface area (Å²) in [5.74, 6) is -0.799. The van der Waals surface area contributed by atoms with Gasteiger partial charge in [-0.2, -0.15) is 0 Å². The van der Waals surface area contributed by atoms with E-state index in [1.165, 1.54) is 15.6 Å². The van der Waals surface area contributed by atoms with E-state index in [0.29, 0.717) is 35.5 Å². The van der Waals surface area contributed by atoms with E-state index in [0.717, 1.165) is 86.8 Å². The van der Waals surface area contributed by atoms with E-state index >= 15 is 0 Å². The van der Waals surface area contributed by atoms with Crippen LogP contribution in [0.3, 0.4) is 0 Å². The Kier molecular flexibility index (Phi) is 17.3. The molecule has 0 saturated carbocycles. The smallest absolute Gasteiger partial charge is 0.278 e. The average molecular weight is 811 g/mol. The van der Waals surface area contributed by atoms with Crippen LogP contribution in [0.5, 0.6) is 0 Å². The molecule has 1 unspecified atom stereocenters. The first-order chi connectivity index (χ1) is 27.7. The van der Waals surface area contributed by atoms with Crippen molar-refractivity contribution in [3.05, 3.63) is 94.0 Å². The third kappa shape index (κ3) is 11.7. The Morgan fingerprint density at radius 3 is 1.98 bits per heavy atom. The first-order valence-electron chi connectivity index (χ1n) is 21.2. The first kappa shape index (κ1) is 45.9. The first-order valence-corrected chi connectivity index (χ1v) is 22.7. The van der Waals surface area contributed by atoms with Crippen LogP contribution in [0.25, 0.3) is 0 Å². The molecule has 3 aromatic carbocycles. The van der Waals surface area contributed by atoms with Crippen LogP contribution in [0, 0.1) is 13.8 Å². The van der Waals surface area contributed by atoms with Crippen molar-refractivity contribution in [3.63, 3.8) is 0 Å². The van der Waals surface area contributed by atoms with Gasteiger partial charge >= 0.3 is 0 Å². The molecule has 0 spiro atoms. The largest absolute Gasteiger partial charge is 0.345 e. The van der Waals surface area contributed by atoms with Crippen molar-refractivity contribution < 1.29 is 18.0 Å². The molecule has 2 amide bonds. The lowest BCUT2D eigenvalue weighted by Gasteiger charge is -2.36. The number of rotatable bonds is 21. The van der Waals surface area contributed by atoms with Gasteiger partial charge in [-0.1, -0.05) is 102 Å². The number of amidine groups is 1. The number of benzene rings is 3. The molecule has 58 heavy (non-hydrogen) atoms. The number of aliphatic imine (C=N–C) groups is 2. The van der Waals surface area contributed by atoms with Gasteiger partial charge in [0.2, 0.25) is 0 Å². The predicted molar refractivity (Wildman–Crippen MR) is 242 cm³/mol. The van der Waals surface area contributed by atoms with Gasteiger partial charge < -0.3 is 15.1 Å². The van der Waals surface area contributed by atoms with Gasteiger partial charge in [-0.25, -0.2) is 22.7 Å². The van der Waals surface area contributed by atoms with Gasteiger partial charge in [-0.05, 0) is 101 Å². The molecule has 0 aromatic heterocycles. The van der Waals surface area contributed by atoms with Crippen LogP contribution in [0.2, 0.25) is 0 Å². The van der Waals surface area contributed by atoms with Gasteiger partial charge in [0.05, 0.1) is 16.3 Å². The number of allylic oxidation sites excluding steroid dienone is 2. The lowest BCUT2D eigenvalue weighted by atomic mass is 10.00. The minimum absolute atomic E-state index is 0.0215. The number of aryl methyl sites for hydroxylation is 2. The van der Waals surface area contributed by atoms with Crippen molar-refractivity contribution in [3.8, 4) is 0 Å². The van der Waals surface area contributed by atoms with Crippen molar-refractivity contribution in [2.24, 2.45) is 9.98 Å². The summed E-state index contributed by atoms with van der Waals surface area (Å²) in [5, 5.41) is 3.02. The molecule has 3 aromatic rings. The normalized spacial score (nSPS) is 14.6. The summed E-state index contributed by atoms with van der Waals surface area (Å²) in [6.45, 7) is 14.3. The van der Waals surface area contributed by atoms with Gasteiger partial charge in [0.1, 0.15) is 0 Å². The van der Waals surface area contributed by atoms with Crippen LogP contribution in [-0.4, -0.2) is 67.7 Å². The lowest BCUT2D eigenvalue weighted by Crippen LogP contribution is -2.52. The monoisotopic (exact) mass is 810 g/mol. The topological polar surface area (TPSA) is 115 Å². The zero-order chi connectivity index (χ0) is 42.4. The highest BCUT2D eigenvalue weighted by Gasteiger charge is 2.41. The predicted octanol–water partition coefficient (Wildman–Crippen LogP) is 11.3. The maximum Gasteiger partial charge on any atom is 0.278 e. The molecular weight excluding hydrogens is 745 g/mol. The van der Waals surface area contributed by atoms with Gasteiger partial charge in [0.25, 0.3) is 21.8 Å². The number of hydrogen-bond acceptors (Lipinski definition) is 7.